The SMILES string of the molecule is CS(=O)(=O)N1Cc2c(ccc3ccccc23)O1. The molecule has 5 heteroatoms. The Morgan fingerprint density at radius 3 is 2.71 bits per heavy atom. The van der Waals surface area contributed by atoms with Crippen molar-refractivity contribution < 1.29 is 13.3 Å². The molecule has 0 aromatic heterocycles. The molecule has 2 aromatic rings. The number of benzene rings is 2. The average Bonchev–Trinajstić information content (AvgIpc) is 2.72. The topological polar surface area (TPSA) is 46.6 Å². The van der Waals surface area contributed by atoms with E-state index in [9.17, 15) is 8.42 Å². The third-order valence-corrected chi connectivity index (χ3v) is 3.80. The second-order valence-corrected chi connectivity index (χ2v) is 5.95. The van der Waals surface area contributed by atoms with Crippen molar-refractivity contribution in [2.75, 3.05) is 6.26 Å². The fourth-order valence-corrected chi connectivity index (χ4v) is 2.60. The summed E-state index contributed by atoms with van der Waals surface area (Å²) in [6.45, 7) is 0.273. The largest absolute Gasteiger partial charge is 0.390 e. The van der Waals surface area contributed by atoms with Gasteiger partial charge in [0, 0.05) is 5.56 Å². The number of hydrogen-bond acceptors (Lipinski definition) is 3. The molecule has 0 atom stereocenters. The molecular weight excluding hydrogens is 238 g/mol. The number of sulfonamides is 1. The minimum Gasteiger partial charge on any atom is -0.390 e. The molecule has 0 aliphatic carbocycles. The summed E-state index contributed by atoms with van der Waals surface area (Å²) in [4.78, 5) is 5.32. The van der Waals surface area contributed by atoms with Crippen LogP contribution in [-0.2, 0) is 16.6 Å². The van der Waals surface area contributed by atoms with Gasteiger partial charge in [-0.1, -0.05) is 30.3 Å². The second-order valence-electron chi connectivity index (χ2n) is 4.08. The second kappa shape index (κ2) is 3.45. The first kappa shape index (κ1) is 10.6. The van der Waals surface area contributed by atoms with Crippen LogP contribution in [0.3, 0.4) is 0 Å². The van der Waals surface area contributed by atoms with Crippen molar-refractivity contribution in [1.82, 2.24) is 4.47 Å². The smallest absolute Gasteiger partial charge is 0.242 e. The summed E-state index contributed by atoms with van der Waals surface area (Å²) in [7, 11) is -3.33. The lowest BCUT2D eigenvalue weighted by Gasteiger charge is -2.10. The maximum Gasteiger partial charge on any atom is 0.242 e. The molecule has 17 heavy (non-hydrogen) atoms. The molecule has 0 saturated heterocycles. The van der Waals surface area contributed by atoms with Crippen LogP contribution >= 0.6 is 0 Å². The van der Waals surface area contributed by atoms with E-state index in [0.29, 0.717) is 5.75 Å². The van der Waals surface area contributed by atoms with E-state index >= 15 is 0 Å². The van der Waals surface area contributed by atoms with Gasteiger partial charge in [0.1, 0.15) is 0 Å². The van der Waals surface area contributed by atoms with E-state index in [4.69, 9.17) is 4.84 Å². The van der Waals surface area contributed by atoms with Crippen LogP contribution in [0.1, 0.15) is 5.56 Å². The lowest BCUT2D eigenvalue weighted by Crippen LogP contribution is -2.28. The van der Waals surface area contributed by atoms with E-state index in [-0.39, 0.29) is 6.54 Å². The highest BCUT2D eigenvalue weighted by Gasteiger charge is 2.29. The lowest BCUT2D eigenvalue weighted by molar-refractivity contribution is 0.0578. The molecular formula is C12H11NO3S. The molecule has 1 aliphatic heterocycles. The Kier molecular flexibility index (Phi) is 2.14. The quantitative estimate of drug-likeness (QED) is 0.775. The summed E-state index contributed by atoms with van der Waals surface area (Å²) in [5.41, 5.74) is 0.925. The van der Waals surface area contributed by atoms with Gasteiger partial charge in [-0.25, -0.2) is 8.42 Å². The molecule has 0 N–H and O–H groups in total. The number of hydroxylamine groups is 1. The maximum atomic E-state index is 11.4. The molecule has 88 valence electrons. The van der Waals surface area contributed by atoms with Crippen LogP contribution < -0.4 is 4.84 Å². The first-order valence-electron chi connectivity index (χ1n) is 5.22. The fourth-order valence-electron chi connectivity index (χ4n) is 2.02. The van der Waals surface area contributed by atoms with Gasteiger partial charge in [0.2, 0.25) is 10.0 Å². The number of rotatable bonds is 1. The molecule has 0 spiro atoms. The zero-order valence-corrected chi connectivity index (χ0v) is 10.1. The molecule has 1 aliphatic rings. The molecule has 4 nitrogen and oxygen atoms in total. The Hall–Kier alpha value is -1.59. The van der Waals surface area contributed by atoms with Crippen LogP contribution in [0, 0.1) is 0 Å². The van der Waals surface area contributed by atoms with Gasteiger partial charge in [-0.3, -0.25) is 0 Å². The minimum absolute atomic E-state index is 0.273. The number of hydrogen-bond donors (Lipinski definition) is 0. The molecule has 0 radical (unpaired) electrons. The van der Waals surface area contributed by atoms with Crippen molar-refractivity contribution in [3.63, 3.8) is 0 Å². The van der Waals surface area contributed by atoms with E-state index < -0.39 is 10.0 Å². The fraction of sp³-hybridized carbons (Fsp3) is 0.167. The Bertz CT molecular complexity index is 694. The molecule has 0 fully saturated rings. The summed E-state index contributed by atoms with van der Waals surface area (Å²) in [5.74, 6) is 0.620. The summed E-state index contributed by atoms with van der Waals surface area (Å²) < 4.78 is 23.9. The predicted octanol–water partition coefficient (Wildman–Crippen LogP) is 1.91. The monoisotopic (exact) mass is 249 g/mol. The molecule has 2 aromatic carbocycles. The summed E-state index contributed by atoms with van der Waals surface area (Å²) >= 11 is 0. The van der Waals surface area contributed by atoms with Crippen LogP contribution in [0.2, 0.25) is 0 Å². The van der Waals surface area contributed by atoms with E-state index in [1.807, 2.05) is 36.4 Å². The van der Waals surface area contributed by atoms with Crippen molar-refractivity contribution in [1.29, 1.82) is 0 Å². The highest BCUT2D eigenvalue weighted by Crippen LogP contribution is 2.35. The third-order valence-electron chi connectivity index (χ3n) is 2.85. The highest BCUT2D eigenvalue weighted by atomic mass is 32.2. The number of nitrogens with zero attached hydrogens (tertiary/aromatic N) is 1. The van der Waals surface area contributed by atoms with E-state index in [1.165, 1.54) is 0 Å². The van der Waals surface area contributed by atoms with Crippen molar-refractivity contribution in [2.24, 2.45) is 0 Å². The van der Waals surface area contributed by atoms with Gasteiger partial charge >= 0.3 is 0 Å². The van der Waals surface area contributed by atoms with E-state index in [1.54, 1.807) is 0 Å². The molecule has 1 heterocycles. The summed E-state index contributed by atoms with van der Waals surface area (Å²) in [6.07, 6.45) is 1.14. The molecule has 0 unspecified atom stereocenters. The zero-order valence-electron chi connectivity index (χ0n) is 9.25. The van der Waals surface area contributed by atoms with Gasteiger partial charge in [0.05, 0.1) is 12.8 Å². The zero-order chi connectivity index (χ0) is 12.0. The minimum atomic E-state index is -3.33. The number of fused-ring (bicyclic) bond motifs is 3. The first-order chi connectivity index (χ1) is 8.05. The predicted molar refractivity (Wildman–Crippen MR) is 65.0 cm³/mol. The van der Waals surface area contributed by atoms with Crippen LogP contribution in [0.5, 0.6) is 5.75 Å². The van der Waals surface area contributed by atoms with Crippen molar-refractivity contribution in [3.8, 4) is 5.75 Å². The normalized spacial score (nSPS) is 15.8. The molecule has 0 saturated carbocycles. The van der Waals surface area contributed by atoms with E-state index in [2.05, 4.69) is 0 Å². The van der Waals surface area contributed by atoms with Gasteiger partial charge in [0.15, 0.2) is 5.75 Å². The van der Waals surface area contributed by atoms with Gasteiger partial charge in [-0.15, -0.1) is 0 Å². The standard InChI is InChI=1S/C12H11NO3S/c1-17(14,15)13-8-11-10-5-3-2-4-9(10)6-7-12(11)16-13/h2-7H,8H2,1H3. The molecule has 3 rings (SSSR count). The Morgan fingerprint density at radius 2 is 1.94 bits per heavy atom. The van der Waals surface area contributed by atoms with Crippen LogP contribution in [0.25, 0.3) is 10.8 Å². The van der Waals surface area contributed by atoms with Crippen molar-refractivity contribution in [2.45, 2.75) is 6.54 Å². The highest BCUT2D eigenvalue weighted by molar-refractivity contribution is 7.88. The summed E-state index contributed by atoms with van der Waals surface area (Å²) in [5, 5.41) is 2.13. The van der Waals surface area contributed by atoms with Gasteiger partial charge in [-0.05, 0) is 21.3 Å². The van der Waals surface area contributed by atoms with Gasteiger partial charge < -0.3 is 4.84 Å². The van der Waals surface area contributed by atoms with Gasteiger partial charge in [0.25, 0.3) is 0 Å². The van der Waals surface area contributed by atoms with Gasteiger partial charge in [-0.2, -0.15) is 0 Å². The summed E-state index contributed by atoms with van der Waals surface area (Å²) in [6, 6.07) is 11.6. The lowest BCUT2D eigenvalue weighted by atomic mass is 10.0. The Labute approximate surface area is 99.4 Å². The van der Waals surface area contributed by atoms with Crippen LogP contribution in [-0.4, -0.2) is 19.1 Å². The third kappa shape index (κ3) is 1.67. The molecule has 0 amide bonds. The maximum absolute atomic E-state index is 11.4. The average molecular weight is 249 g/mol. The van der Waals surface area contributed by atoms with Crippen LogP contribution in [0.4, 0.5) is 0 Å². The Balaban J connectivity index is 2.17. The first-order valence-corrected chi connectivity index (χ1v) is 7.07. The Morgan fingerprint density at radius 1 is 1.18 bits per heavy atom. The van der Waals surface area contributed by atoms with Crippen molar-refractivity contribution >= 4 is 20.8 Å². The molecule has 0 bridgehead atoms. The van der Waals surface area contributed by atoms with E-state index in [0.717, 1.165) is 27.1 Å². The van der Waals surface area contributed by atoms with Crippen molar-refractivity contribution in [3.05, 3.63) is 42.0 Å². The van der Waals surface area contributed by atoms with Crippen LogP contribution in [0.15, 0.2) is 36.4 Å².